The first-order valence-electron chi connectivity index (χ1n) is 14.4. The monoisotopic (exact) mass is 578 g/mol. The van der Waals surface area contributed by atoms with Gasteiger partial charge >= 0.3 is 0 Å². The van der Waals surface area contributed by atoms with Gasteiger partial charge in [-0.1, -0.05) is 27.7 Å². The predicted octanol–water partition coefficient (Wildman–Crippen LogP) is -0.391. The Balaban J connectivity index is 2.11. The molecule has 0 bridgehead atoms. The number of likely N-dealkylation sites (tertiary alicyclic amines) is 1. The number of carbonyl (C=O) groups is 7. The summed E-state index contributed by atoms with van der Waals surface area (Å²) in [6.07, 6.45) is 1.73. The number of carbonyl (C=O) groups excluding carboxylic acids is 7. The summed E-state index contributed by atoms with van der Waals surface area (Å²) >= 11 is 0. The lowest BCUT2D eigenvalue weighted by molar-refractivity contribution is -0.148. The van der Waals surface area contributed by atoms with Gasteiger partial charge in [-0.15, -0.1) is 0 Å². The van der Waals surface area contributed by atoms with Gasteiger partial charge in [0.25, 0.3) is 0 Å². The molecule has 1 unspecified atom stereocenters. The van der Waals surface area contributed by atoms with Crippen LogP contribution < -0.4 is 21.7 Å². The third-order valence-electron chi connectivity index (χ3n) is 7.58. The molecule has 0 radical (unpaired) electrons. The number of rotatable bonds is 14. The highest BCUT2D eigenvalue weighted by atomic mass is 16.2. The topological polar surface area (TPSA) is 188 Å². The molecule has 230 valence electrons. The SMILES string of the molecule is CC(C)C[C@H](C(=O)C(C)C)N(C)C(=O)[C@@H]1CCCN1C(=O)[C@H](C)NC(=O)[C@H](CCC(N)=O)NC(=O)C1CCC(=O)N1. The van der Waals surface area contributed by atoms with Gasteiger partial charge in [0.05, 0.1) is 6.04 Å². The summed E-state index contributed by atoms with van der Waals surface area (Å²) in [5.41, 5.74) is 5.24. The largest absolute Gasteiger partial charge is 0.370 e. The average Bonchev–Trinajstić information content (AvgIpc) is 3.56. The van der Waals surface area contributed by atoms with Gasteiger partial charge in [0.1, 0.15) is 24.2 Å². The summed E-state index contributed by atoms with van der Waals surface area (Å²) in [6, 6.07) is -4.36. The van der Waals surface area contributed by atoms with Crippen molar-refractivity contribution >= 4 is 41.2 Å². The number of ketones is 1. The second-order valence-corrected chi connectivity index (χ2v) is 11.8. The summed E-state index contributed by atoms with van der Waals surface area (Å²) < 4.78 is 0. The zero-order valence-electron chi connectivity index (χ0n) is 25.0. The number of primary amides is 1. The number of nitrogens with zero attached hydrogens (tertiary/aromatic N) is 2. The van der Waals surface area contributed by atoms with E-state index in [-0.39, 0.29) is 55.1 Å². The molecule has 0 aromatic carbocycles. The maximum atomic E-state index is 13.6. The van der Waals surface area contributed by atoms with Crippen LogP contribution in [0.1, 0.15) is 79.6 Å². The molecule has 0 aliphatic carbocycles. The van der Waals surface area contributed by atoms with Gasteiger partial charge in [-0.05, 0) is 44.9 Å². The zero-order chi connectivity index (χ0) is 31.0. The molecule has 41 heavy (non-hydrogen) atoms. The van der Waals surface area contributed by atoms with Crippen LogP contribution in [0.2, 0.25) is 0 Å². The van der Waals surface area contributed by atoms with Crippen LogP contribution in [0.15, 0.2) is 0 Å². The molecule has 0 aromatic heterocycles. The number of likely N-dealkylation sites (N-methyl/N-ethyl adjacent to an activating group) is 1. The minimum atomic E-state index is -1.16. The first-order chi connectivity index (χ1) is 19.1. The zero-order valence-corrected chi connectivity index (χ0v) is 25.0. The van der Waals surface area contributed by atoms with Gasteiger partial charge in [0.2, 0.25) is 35.4 Å². The third-order valence-corrected chi connectivity index (χ3v) is 7.58. The van der Waals surface area contributed by atoms with Gasteiger partial charge in [0, 0.05) is 32.4 Å². The van der Waals surface area contributed by atoms with E-state index in [4.69, 9.17) is 5.73 Å². The summed E-state index contributed by atoms with van der Waals surface area (Å²) in [5.74, 6) is -3.09. The normalized spacial score (nSPS) is 20.8. The van der Waals surface area contributed by atoms with Crippen molar-refractivity contribution in [1.82, 2.24) is 25.8 Å². The quantitative estimate of drug-likeness (QED) is 0.216. The minimum Gasteiger partial charge on any atom is -0.370 e. The smallest absolute Gasteiger partial charge is 0.245 e. The van der Waals surface area contributed by atoms with E-state index in [0.717, 1.165) is 0 Å². The Morgan fingerprint density at radius 3 is 2.24 bits per heavy atom. The van der Waals surface area contributed by atoms with Crippen LogP contribution in [-0.4, -0.2) is 94.8 Å². The van der Waals surface area contributed by atoms with Crippen molar-refractivity contribution in [3.05, 3.63) is 0 Å². The Morgan fingerprint density at radius 1 is 1.05 bits per heavy atom. The molecule has 2 aliphatic heterocycles. The summed E-state index contributed by atoms with van der Waals surface area (Å²) in [5, 5.41) is 7.66. The van der Waals surface area contributed by atoms with E-state index in [1.807, 2.05) is 13.8 Å². The molecule has 13 nitrogen and oxygen atoms in total. The molecular weight excluding hydrogens is 532 g/mol. The number of hydrogen-bond acceptors (Lipinski definition) is 7. The number of amides is 6. The summed E-state index contributed by atoms with van der Waals surface area (Å²) in [4.78, 5) is 91.4. The van der Waals surface area contributed by atoms with E-state index in [0.29, 0.717) is 25.8 Å². The van der Waals surface area contributed by atoms with E-state index >= 15 is 0 Å². The first kappa shape index (κ1) is 33.7. The molecule has 6 amide bonds. The second kappa shape index (κ2) is 14.9. The van der Waals surface area contributed by atoms with Gasteiger partial charge in [-0.3, -0.25) is 33.6 Å². The molecule has 2 heterocycles. The lowest BCUT2D eigenvalue weighted by Crippen LogP contribution is -2.58. The molecule has 13 heteroatoms. The molecule has 0 saturated carbocycles. The lowest BCUT2D eigenvalue weighted by atomic mass is 9.92. The van der Waals surface area contributed by atoms with Crippen LogP contribution in [-0.2, 0) is 33.6 Å². The fraction of sp³-hybridized carbons (Fsp3) is 0.750. The highest BCUT2D eigenvalue weighted by molar-refractivity contribution is 5.97. The summed E-state index contributed by atoms with van der Waals surface area (Å²) in [7, 11) is 1.60. The predicted molar refractivity (Wildman–Crippen MR) is 150 cm³/mol. The van der Waals surface area contributed by atoms with Crippen LogP contribution in [0.3, 0.4) is 0 Å². The highest BCUT2D eigenvalue weighted by Crippen LogP contribution is 2.23. The minimum absolute atomic E-state index is 0.0349. The van der Waals surface area contributed by atoms with Crippen molar-refractivity contribution in [1.29, 1.82) is 0 Å². The molecular formula is C28H46N6O7. The second-order valence-electron chi connectivity index (χ2n) is 11.8. The third kappa shape index (κ3) is 9.25. The standard InChI is InChI=1S/C28H46N6O7/c1-15(2)14-21(24(37)16(3)4)33(6)28(41)20-8-7-13-34(20)27(40)17(5)30-25(38)19(9-11-22(29)35)32-26(39)18-10-12-23(36)31-18/h15-21H,7-14H2,1-6H3,(H2,29,35)(H,30,38)(H,31,36)(H,32,39)/t17-,18?,19-,20-,21+/m0/s1. The van der Waals surface area contributed by atoms with Gasteiger partial charge in [-0.25, -0.2) is 0 Å². The van der Waals surface area contributed by atoms with E-state index < -0.39 is 53.8 Å². The van der Waals surface area contributed by atoms with Gasteiger partial charge in [-0.2, -0.15) is 0 Å². The molecule has 0 aromatic rings. The van der Waals surface area contributed by atoms with Crippen LogP contribution in [0, 0.1) is 11.8 Å². The number of hydrogen-bond donors (Lipinski definition) is 4. The fourth-order valence-electron chi connectivity index (χ4n) is 5.24. The Bertz CT molecular complexity index is 1030. The molecule has 2 fully saturated rings. The van der Waals surface area contributed by atoms with Crippen molar-refractivity contribution in [3.63, 3.8) is 0 Å². The molecule has 5 atom stereocenters. The van der Waals surface area contributed by atoms with Gasteiger partial charge < -0.3 is 31.5 Å². The first-order valence-corrected chi connectivity index (χ1v) is 14.4. The molecule has 0 spiro atoms. The van der Waals surface area contributed by atoms with Crippen LogP contribution in [0.25, 0.3) is 0 Å². The fourth-order valence-corrected chi connectivity index (χ4v) is 5.24. The van der Waals surface area contributed by atoms with Crippen molar-refractivity contribution < 1.29 is 33.6 Å². The van der Waals surface area contributed by atoms with Crippen LogP contribution in [0.4, 0.5) is 0 Å². The van der Waals surface area contributed by atoms with Crippen molar-refractivity contribution in [2.75, 3.05) is 13.6 Å². The molecule has 2 saturated heterocycles. The Hall–Kier alpha value is -3.51. The Morgan fingerprint density at radius 2 is 1.71 bits per heavy atom. The molecule has 2 rings (SSSR count). The number of nitrogens with one attached hydrogen (secondary N) is 3. The van der Waals surface area contributed by atoms with Crippen molar-refractivity contribution in [2.45, 2.75) is 110 Å². The van der Waals surface area contributed by atoms with Crippen molar-refractivity contribution in [3.8, 4) is 0 Å². The maximum Gasteiger partial charge on any atom is 0.245 e. The molecule has 5 N–H and O–H groups in total. The Kier molecular flexibility index (Phi) is 12.3. The van der Waals surface area contributed by atoms with Gasteiger partial charge in [0.15, 0.2) is 5.78 Å². The Labute approximate surface area is 241 Å². The highest BCUT2D eigenvalue weighted by Gasteiger charge is 2.41. The summed E-state index contributed by atoms with van der Waals surface area (Å²) in [6.45, 7) is 9.37. The average molecular weight is 579 g/mol. The molecule has 2 aliphatic rings. The van der Waals surface area contributed by atoms with E-state index in [2.05, 4.69) is 16.0 Å². The lowest BCUT2D eigenvalue weighted by Gasteiger charge is -2.35. The van der Waals surface area contributed by atoms with E-state index in [1.165, 1.54) is 16.7 Å². The van der Waals surface area contributed by atoms with E-state index in [9.17, 15) is 33.6 Å². The number of Topliss-reactive ketones (excluding diaryl/α,β-unsaturated/α-hetero) is 1. The van der Waals surface area contributed by atoms with Crippen LogP contribution >= 0.6 is 0 Å². The van der Waals surface area contributed by atoms with Crippen molar-refractivity contribution in [2.24, 2.45) is 17.6 Å². The number of nitrogens with two attached hydrogens (primary N) is 1. The maximum absolute atomic E-state index is 13.6. The van der Waals surface area contributed by atoms with Crippen LogP contribution in [0.5, 0.6) is 0 Å². The van der Waals surface area contributed by atoms with E-state index in [1.54, 1.807) is 20.9 Å².